The van der Waals surface area contributed by atoms with Crippen LogP contribution in [0.25, 0.3) is 0 Å². The van der Waals surface area contributed by atoms with Crippen LogP contribution in [0.3, 0.4) is 0 Å². The highest BCUT2D eigenvalue weighted by Crippen LogP contribution is 1.91. The molecule has 0 saturated heterocycles. The van der Waals surface area contributed by atoms with Crippen molar-refractivity contribution >= 4 is 6.29 Å². The van der Waals surface area contributed by atoms with E-state index in [-0.39, 0.29) is 0 Å². The van der Waals surface area contributed by atoms with Crippen LogP contribution in [0.2, 0.25) is 0 Å². The van der Waals surface area contributed by atoms with E-state index in [4.69, 9.17) is 9.47 Å². The Morgan fingerprint density at radius 3 is 2.27 bits per heavy atom. The van der Waals surface area contributed by atoms with Gasteiger partial charge in [0.05, 0.1) is 0 Å². The number of carbonyl (C=O) groups is 1. The molecule has 0 bridgehead atoms. The van der Waals surface area contributed by atoms with E-state index in [1.165, 1.54) is 0 Å². The van der Waals surface area contributed by atoms with Gasteiger partial charge in [0, 0.05) is 13.2 Å². The van der Waals surface area contributed by atoms with Gasteiger partial charge in [0.25, 0.3) is 0 Å². The van der Waals surface area contributed by atoms with E-state index in [2.05, 4.69) is 11.8 Å². The molecule has 0 rings (SSSR count). The second kappa shape index (κ2) is 7.26. The molecular weight excluding hydrogens is 144 g/mol. The van der Waals surface area contributed by atoms with E-state index in [9.17, 15) is 4.79 Å². The normalized spacial score (nSPS) is 9.00. The van der Waals surface area contributed by atoms with E-state index in [0.29, 0.717) is 19.5 Å². The molecule has 0 fully saturated rings. The first kappa shape index (κ1) is 10.2. The lowest BCUT2D eigenvalue weighted by molar-refractivity contribution is -0.104. The highest BCUT2D eigenvalue weighted by Gasteiger charge is 2.00. The molecule has 11 heavy (non-hydrogen) atoms. The highest BCUT2D eigenvalue weighted by atomic mass is 16.7. The minimum Gasteiger partial charge on any atom is -0.342 e. The molecule has 0 aliphatic carbocycles. The molecule has 0 aliphatic rings. The van der Waals surface area contributed by atoms with Crippen LogP contribution in [0, 0.1) is 11.8 Å². The number of rotatable bonds is 4. The second-order valence-electron chi connectivity index (χ2n) is 1.65. The first-order valence-corrected chi connectivity index (χ1v) is 3.53. The maximum Gasteiger partial charge on any atom is 0.222 e. The maximum absolute atomic E-state index is 9.83. The van der Waals surface area contributed by atoms with Crippen LogP contribution in [-0.4, -0.2) is 25.8 Å². The van der Waals surface area contributed by atoms with Gasteiger partial charge in [0.15, 0.2) is 6.29 Å². The third kappa shape index (κ3) is 5.59. The third-order valence-corrected chi connectivity index (χ3v) is 0.896. The van der Waals surface area contributed by atoms with Crippen molar-refractivity contribution in [3.05, 3.63) is 0 Å². The molecule has 0 saturated carbocycles. The lowest BCUT2D eigenvalue weighted by Gasteiger charge is -2.08. The average Bonchev–Trinajstić information content (AvgIpc) is 2.01. The van der Waals surface area contributed by atoms with Gasteiger partial charge in [0.1, 0.15) is 0 Å². The molecule has 0 aromatic rings. The number of hydrogen-bond acceptors (Lipinski definition) is 3. The van der Waals surface area contributed by atoms with Gasteiger partial charge in [-0.3, -0.25) is 4.79 Å². The van der Waals surface area contributed by atoms with Gasteiger partial charge in [-0.25, -0.2) is 0 Å². The molecule has 0 atom stereocenters. The van der Waals surface area contributed by atoms with Crippen molar-refractivity contribution in [1.82, 2.24) is 0 Å². The molecule has 0 heterocycles. The van der Waals surface area contributed by atoms with Crippen molar-refractivity contribution in [2.75, 3.05) is 13.2 Å². The zero-order valence-corrected chi connectivity index (χ0v) is 6.79. The average molecular weight is 156 g/mol. The molecule has 0 aromatic carbocycles. The number of ether oxygens (including phenoxy) is 2. The summed E-state index contributed by atoms with van der Waals surface area (Å²) in [6.07, 6.45) is -0.0411. The largest absolute Gasteiger partial charge is 0.342 e. The molecular formula is C8H12O3. The molecule has 0 amide bonds. The van der Waals surface area contributed by atoms with Crippen LogP contribution in [-0.2, 0) is 14.3 Å². The van der Waals surface area contributed by atoms with E-state index in [1.807, 2.05) is 13.8 Å². The molecule has 0 radical (unpaired) electrons. The molecule has 0 aliphatic heterocycles. The summed E-state index contributed by atoms with van der Waals surface area (Å²) in [5.74, 6) is 4.75. The van der Waals surface area contributed by atoms with Crippen molar-refractivity contribution < 1.29 is 14.3 Å². The number of hydrogen-bond donors (Lipinski definition) is 0. The van der Waals surface area contributed by atoms with Crippen LogP contribution in [0.15, 0.2) is 0 Å². The van der Waals surface area contributed by atoms with Crippen LogP contribution < -0.4 is 0 Å². The Bertz CT molecular complexity index is 148. The van der Waals surface area contributed by atoms with E-state index in [0.717, 1.165) is 0 Å². The Morgan fingerprint density at radius 2 is 1.91 bits per heavy atom. The highest BCUT2D eigenvalue weighted by molar-refractivity contribution is 5.72. The Labute approximate surface area is 66.7 Å². The summed E-state index contributed by atoms with van der Waals surface area (Å²) < 4.78 is 10.1. The van der Waals surface area contributed by atoms with Gasteiger partial charge < -0.3 is 9.47 Å². The summed E-state index contributed by atoms with van der Waals surface area (Å²) in [5, 5.41) is 0. The Morgan fingerprint density at radius 1 is 1.36 bits per heavy atom. The summed E-state index contributed by atoms with van der Waals surface area (Å²) in [7, 11) is 0. The SMILES string of the molecule is CCOC(C#CC=O)OCC. The molecule has 3 nitrogen and oxygen atoms in total. The lowest BCUT2D eigenvalue weighted by atomic mass is 10.5. The summed E-state index contributed by atoms with van der Waals surface area (Å²) in [4.78, 5) is 9.83. The third-order valence-electron chi connectivity index (χ3n) is 0.896. The van der Waals surface area contributed by atoms with Crippen molar-refractivity contribution in [3.63, 3.8) is 0 Å². The van der Waals surface area contributed by atoms with Crippen molar-refractivity contribution in [2.45, 2.75) is 20.1 Å². The number of carbonyl (C=O) groups excluding carboxylic acids is 1. The van der Waals surface area contributed by atoms with Gasteiger partial charge >= 0.3 is 0 Å². The van der Waals surface area contributed by atoms with Crippen molar-refractivity contribution in [1.29, 1.82) is 0 Å². The molecule has 0 spiro atoms. The fourth-order valence-corrected chi connectivity index (χ4v) is 0.536. The quantitative estimate of drug-likeness (QED) is 0.339. The maximum atomic E-state index is 9.83. The van der Waals surface area contributed by atoms with Crippen molar-refractivity contribution in [3.8, 4) is 11.8 Å². The smallest absolute Gasteiger partial charge is 0.222 e. The van der Waals surface area contributed by atoms with Crippen molar-refractivity contribution in [2.24, 2.45) is 0 Å². The Balaban J connectivity index is 3.77. The zero-order valence-electron chi connectivity index (χ0n) is 6.79. The topological polar surface area (TPSA) is 35.5 Å². The number of aldehydes is 1. The first-order valence-electron chi connectivity index (χ1n) is 3.53. The van der Waals surface area contributed by atoms with Gasteiger partial charge in [-0.05, 0) is 25.7 Å². The molecule has 62 valence electrons. The van der Waals surface area contributed by atoms with E-state index in [1.54, 1.807) is 0 Å². The van der Waals surface area contributed by atoms with Crippen LogP contribution in [0.5, 0.6) is 0 Å². The first-order chi connectivity index (χ1) is 5.35. The van der Waals surface area contributed by atoms with Gasteiger partial charge in [0.2, 0.25) is 6.29 Å². The second-order valence-corrected chi connectivity index (χ2v) is 1.65. The summed E-state index contributed by atoms with van der Waals surface area (Å²) in [5.41, 5.74) is 0. The zero-order chi connectivity index (χ0) is 8.53. The Kier molecular flexibility index (Phi) is 6.70. The van der Waals surface area contributed by atoms with Crippen LogP contribution >= 0.6 is 0 Å². The minimum absolute atomic E-state index is 0.519. The van der Waals surface area contributed by atoms with E-state index >= 15 is 0 Å². The summed E-state index contributed by atoms with van der Waals surface area (Å²) in [6.45, 7) is 4.74. The fraction of sp³-hybridized carbons (Fsp3) is 0.625. The summed E-state index contributed by atoms with van der Waals surface area (Å²) >= 11 is 0. The lowest BCUT2D eigenvalue weighted by Crippen LogP contribution is -2.14. The molecule has 0 unspecified atom stereocenters. The van der Waals surface area contributed by atoms with E-state index < -0.39 is 6.29 Å². The predicted octanol–water partition coefficient (Wildman–Crippen LogP) is 0.588. The van der Waals surface area contributed by atoms with Crippen LogP contribution in [0.1, 0.15) is 13.8 Å². The monoisotopic (exact) mass is 156 g/mol. The standard InChI is InChI=1S/C8H12O3/c1-3-10-8(11-4-2)6-5-7-9/h7-8H,3-4H2,1-2H3. The molecule has 0 N–H and O–H groups in total. The Hall–Kier alpha value is -0.850. The predicted molar refractivity (Wildman–Crippen MR) is 40.9 cm³/mol. The van der Waals surface area contributed by atoms with Crippen LogP contribution in [0.4, 0.5) is 0 Å². The fourth-order valence-electron chi connectivity index (χ4n) is 0.536. The van der Waals surface area contributed by atoms with Gasteiger partial charge in [-0.15, -0.1) is 0 Å². The molecule has 0 aromatic heterocycles. The summed E-state index contributed by atoms with van der Waals surface area (Å²) in [6, 6.07) is 0. The minimum atomic E-state index is -0.560. The molecule has 3 heteroatoms. The van der Waals surface area contributed by atoms with Gasteiger partial charge in [-0.1, -0.05) is 0 Å². The van der Waals surface area contributed by atoms with Gasteiger partial charge in [-0.2, -0.15) is 0 Å².